The second-order valence-electron chi connectivity index (χ2n) is 8.84. The lowest BCUT2D eigenvalue weighted by Gasteiger charge is -2.44. The van der Waals surface area contributed by atoms with Crippen LogP contribution >= 0.6 is 11.3 Å². The zero-order valence-electron chi connectivity index (χ0n) is 17.0. The Labute approximate surface area is 172 Å². The van der Waals surface area contributed by atoms with Crippen molar-refractivity contribution in [2.75, 3.05) is 19.6 Å². The number of likely N-dealkylation sites (tertiary alicyclic amines) is 2. The van der Waals surface area contributed by atoms with E-state index in [-0.39, 0.29) is 11.8 Å². The maximum Gasteiger partial charge on any atom is 0.254 e. The smallest absolute Gasteiger partial charge is 0.254 e. The van der Waals surface area contributed by atoms with E-state index in [2.05, 4.69) is 22.9 Å². The highest BCUT2D eigenvalue weighted by Crippen LogP contribution is 2.37. The quantitative estimate of drug-likeness (QED) is 0.682. The van der Waals surface area contributed by atoms with E-state index in [0.29, 0.717) is 17.5 Å². The first-order chi connectivity index (χ1) is 13.5. The van der Waals surface area contributed by atoms with E-state index in [0.717, 1.165) is 50.4 Å². The molecule has 1 aromatic rings. The van der Waals surface area contributed by atoms with E-state index < -0.39 is 0 Å². The molecule has 3 heterocycles. The Bertz CT molecular complexity index is 746. The minimum Gasteiger partial charge on any atom is -0.339 e. The zero-order chi connectivity index (χ0) is 19.7. The molecule has 1 saturated carbocycles. The Hall–Kier alpha value is -1.62. The van der Waals surface area contributed by atoms with Crippen LogP contribution < -0.4 is 0 Å². The minimum atomic E-state index is 0.0765. The molecule has 152 valence electrons. The minimum absolute atomic E-state index is 0.0765. The topological polar surface area (TPSA) is 40.6 Å². The molecule has 3 aliphatic rings. The van der Waals surface area contributed by atoms with Crippen molar-refractivity contribution in [3.63, 3.8) is 0 Å². The van der Waals surface area contributed by atoms with Crippen LogP contribution in [0.5, 0.6) is 0 Å². The van der Waals surface area contributed by atoms with Gasteiger partial charge in [-0.25, -0.2) is 0 Å². The Kier molecular flexibility index (Phi) is 5.91. The van der Waals surface area contributed by atoms with Crippen LogP contribution in [0, 0.1) is 5.92 Å². The highest BCUT2D eigenvalue weighted by molar-refractivity contribution is 7.10. The summed E-state index contributed by atoms with van der Waals surface area (Å²) < 4.78 is 0. The number of fused-ring (bicyclic) bond motifs is 1. The van der Waals surface area contributed by atoms with Crippen LogP contribution in [-0.2, 0) is 4.79 Å². The summed E-state index contributed by atoms with van der Waals surface area (Å²) in [6, 6.07) is 2.61. The molecular formula is C23H32N2O2S. The third-order valence-corrected chi connectivity index (χ3v) is 8.02. The molecule has 3 fully saturated rings. The van der Waals surface area contributed by atoms with Gasteiger partial charge in [0, 0.05) is 41.5 Å². The fraction of sp³-hybridized carbons (Fsp3) is 0.652. The van der Waals surface area contributed by atoms with Crippen molar-refractivity contribution in [2.45, 2.75) is 70.3 Å². The Morgan fingerprint density at radius 1 is 1.04 bits per heavy atom. The van der Waals surface area contributed by atoms with Crippen LogP contribution in [0.1, 0.15) is 79.4 Å². The molecule has 0 bridgehead atoms. The average molecular weight is 401 g/mol. The number of carbonyl (C=O) groups is 2. The molecule has 0 aromatic carbocycles. The van der Waals surface area contributed by atoms with Gasteiger partial charge in [0.15, 0.2) is 0 Å². The van der Waals surface area contributed by atoms with Gasteiger partial charge in [0.05, 0.1) is 5.56 Å². The van der Waals surface area contributed by atoms with Gasteiger partial charge in [0.1, 0.15) is 0 Å². The highest BCUT2D eigenvalue weighted by Gasteiger charge is 2.36. The van der Waals surface area contributed by atoms with Crippen molar-refractivity contribution in [3.8, 4) is 0 Å². The zero-order valence-corrected chi connectivity index (χ0v) is 17.8. The number of piperidine rings is 2. The van der Waals surface area contributed by atoms with Crippen molar-refractivity contribution in [1.29, 1.82) is 0 Å². The normalized spacial score (nSPS) is 26.0. The van der Waals surface area contributed by atoms with Crippen LogP contribution in [-0.4, -0.2) is 47.3 Å². The molecule has 28 heavy (non-hydrogen) atoms. The summed E-state index contributed by atoms with van der Waals surface area (Å²) in [5, 5.41) is 2.07. The lowest BCUT2D eigenvalue weighted by molar-refractivity contribution is -0.128. The lowest BCUT2D eigenvalue weighted by atomic mass is 9.78. The number of rotatable bonds is 3. The Balaban J connectivity index is 1.40. The molecule has 0 spiro atoms. The largest absolute Gasteiger partial charge is 0.339 e. The van der Waals surface area contributed by atoms with Gasteiger partial charge in [-0.15, -0.1) is 11.3 Å². The number of thiophene rings is 1. The van der Waals surface area contributed by atoms with E-state index in [1.807, 2.05) is 4.90 Å². The maximum atomic E-state index is 13.2. The number of nitrogens with zero attached hydrogens (tertiary/aromatic N) is 2. The van der Waals surface area contributed by atoms with Crippen LogP contribution in [0.25, 0.3) is 0 Å². The molecule has 2 saturated heterocycles. The number of hydrogen-bond donors (Lipinski definition) is 0. The average Bonchev–Trinajstić information content (AvgIpc) is 3.22. The summed E-state index contributed by atoms with van der Waals surface area (Å²) in [6.07, 6.45) is 9.47. The number of amides is 2. The van der Waals surface area contributed by atoms with Crippen molar-refractivity contribution in [1.82, 2.24) is 9.80 Å². The van der Waals surface area contributed by atoms with Gasteiger partial charge in [-0.2, -0.15) is 0 Å². The van der Waals surface area contributed by atoms with E-state index in [9.17, 15) is 9.59 Å². The van der Waals surface area contributed by atoms with Gasteiger partial charge in [0.2, 0.25) is 5.91 Å². The predicted molar refractivity (Wildman–Crippen MR) is 114 cm³/mol. The van der Waals surface area contributed by atoms with E-state index in [1.54, 1.807) is 18.3 Å². The molecule has 4 nitrogen and oxygen atoms in total. The summed E-state index contributed by atoms with van der Waals surface area (Å²) in [5.41, 5.74) is 1.50. The second kappa shape index (κ2) is 8.40. The highest BCUT2D eigenvalue weighted by atomic mass is 32.1. The fourth-order valence-electron chi connectivity index (χ4n) is 5.36. The molecule has 4 rings (SSSR count). The van der Waals surface area contributed by atoms with E-state index >= 15 is 0 Å². The lowest BCUT2D eigenvalue weighted by Crippen LogP contribution is -2.49. The molecule has 0 N–H and O–H groups in total. The summed E-state index contributed by atoms with van der Waals surface area (Å²) >= 11 is 1.73. The molecule has 1 aliphatic carbocycles. The fourth-order valence-corrected chi connectivity index (χ4v) is 6.41. The molecule has 1 aromatic heterocycles. The monoisotopic (exact) mass is 400 g/mol. The summed E-state index contributed by atoms with van der Waals surface area (Å²) in [5.74, 6) is 1.51. The van der Waals surface area contributed by atoms with Gasteiger partial charge in [0.25, 0.3) is 5.91 Å². The molecule has 2 unspecified atom stereocenters. The Morgan fingerprint density at radius 2 is 1.75 bits per heavy atom. The molecular weight excluding hydrogens is 368 g/mol. The first kappa shape index (κ1) is 19.7. The Morgan fingerprint density at radius 3 is 2.50 bits per heavy atom. The van der Waals surface area contributed by atoms with E-state index in [1.165, 1.54) is 37.0 Å². The van der Waals surface area contributed by atoms with Gasteiger partial charge in [-0.05, 0) is 63.4 Å². The first-order valence-corrected chi connectivity index (χ1v) is 11.8. The SMILES string of the molecule is C=C(C)C(=O)N1CCC(c2cc(C(=O)N3CCCC4CCCCC43)cs2)CC1. The van der Waals surface area contributed by atoms with E-state index in [4.69, 9.17) is 0 Å². The maximum absolute atomic E-state index is 13.2. The standard InChI is InChI=1S/C23H32N2O2S/c1-16(2)22(26)24-12-9-18(10-13-24)21-14-19(15-28-21)23(27)25-11-5-7-17-6-3-4-8-20(17)25/h14-15,17-18,20H,1,3-13H2,2H3. The van der Waals surface area contributed by atoms with Gasteiger partial charge in [-0.1, -0.05) is 19.4 Å². The summed E-state index contributed by atoms with van der Waals surface area (Å²) in [7, 11) is 0. The molecule has 2 amide bonds. The van der Waals surface area contributed by atoms with Crippen molar-refractivity contribution in [3.05, 3.63) is 34.0 Å². The first-order valence-electron chi connectivity index (χ1n) is 10.9. The van der Waals surface area contributed by atoms with Gasteiger partial charge >= 0.3 is 0 Å². The van der Waals surface area contributed by atoms with Crippen LogP contribution in [0.2, 0.25) is 0 Å². The van der Waals surface area contributed by atoms with Crippen LogP contribution in [0.4, 0.5) is 0 Å². The molecule has 0 radical (unpaired) electrons. The molecule has 2 aliphatic heterocycles. The summed E-state index contributed by atoms with van der Waals surface area (Å²) in [4.78, 5) is 30.7. The third-order valence-electron chi connectivity index (χ3n) is 6.92. The van der Waals surface area contributed by atoms with Crippen LogP contribution in [0.15, 0.2) is 23.6 Å². The third kappa shape index (κ3) is 3.91. The van der Waals surface area contributed by atoms with Gasteiger partial charge in [-0.3, -0.25) is 9.59 Å². The number of carbonyl (C=O) groups excluding carboxylic acids is 2. The van der Waals surface area contributed by atoms with Crippen molar-refractivity contribution < 1.29 is 9.59 Å². The summed E-state index contributed by atoms with van der Waals surface area (Å²) in [6.45, 7) is 8.05. The molecule has 5 heteroatoms. The van der Waals surface area contributed by atoms with Crippen molar-refractivity contribution in [2.24, 2.45) is 5.92 Å². The molecule has 2 atom stereocenters. The van der Waals surface area contributed by atoms with Crippen LogP contribution in [0.3, 0.4) is 0 Å². The van der Waals surface area contributed by atoms with Crippen molar-refractivity contribution >= 4 is 23.2 Å². The number of hydrogen-bond acceptors (Lipinski definition) is 3. The predicted octanol–water partition coefficient (Wildman–Crippen LogP) is 4.83. The second-order valence-corrected chi connectivity index (χ2v) is 9.78. The van der Waals surface area contributed by atoms with Gasteiger partial charge < -0.3 is 9.80 Å².